The predicted octanol–water partition coefficient (Wildman–Crippen LogP) is 4.84. The number of methoxy groups -OCH3 is 2. The Balaban J connectivity index is 2.32. The highest BCUT2D eigenvalue weighted by Gasteiger charge is 2.27. The van der Waals surface area contributed by atoms with Gasteiger partial charge in [0.15, 0.2) is 11.5 Å². The van der Waals surface area contributed by atoms with E-state index in [-0.39, 0.29) is 28.7 Å². The molecule has 0 aliphatic heterocycles. The molecule has 2 aromatic rings. The molecule has 0 unspecified atom stereocenters. The number of carbonyl (C=O) groups excluding carboxylic acids is 3. The van der Waals surface area contributed by atoms with Gasteiger partial charge in [-0.25, -0.2) is 9.59 Å². The first-order valence-electron chi connectivity index (χ1n) is 9.65. The van der Waals surface area contributed by atoms with Crippen LogP contribution in [0.2, 0.25) is 0 Å². The van der Waals surface area contributed by atoms with Crippen molar-refractivity contribution in [2.24, 2.45) is 0 Å². The number of esters is 2. The zero-order chi connectivity index (χ0) is 23.8. The van der Waals surface area contributed by atoms with Gasteiger partial charge in [0.2, 0.25) is 5.91 Å². The summed E-state index contributed by atoms with van der Waals surface area (Å²) in [6, 6.07) is 3.48. The maximum Gasteiger partial charge on any atom is 0.348 e. The first-order chi connectivity index (χ1) is 15.3. The summed E-state index contributed by atoms with van der Waals surface area (Å²) in [5.41, 5.74) is 1.22. The Morgan fingerprint density at radius 2 is 1.72 bits per heavy atom. The lowest BCUT2D eigenvalue weighted by Crippen LogP contribution is -2.13. The Hall–Kier alpha value is -2.85. The molecule has 0 radical (unpaired) electrons. The highest BCUT2D eigenvalue weighted by Crippen LogP contribution is 2.37. The van der Waals surface area contributed by atoms with Crippen LogP contribution < -0.4 is 14.8 Å². The van der Waals surface area contributed by atoms with Gasteiger partial charge in [0, 0.05) is 6.08 Å². The molecule has 0 bridgehead atoms. The Bertz CT molecular complexity index is 1050. The van der Waals surface area contributed by atoms with E-state index in [1.165, 1.54) is 20.3 Å². The van der Waals surface area contributed by atoms with Gasteiger partial charge < -0.3 is 24.3 Å². The zero-order valence-electron chi connectivity index (χ0n) is 18.4. The van der Waals surface area contributed by atoms with Crippen LogP contribution in [0.4, 0.5) is 5.00 Å². The number of nitrogens with one attached hydrogen (secondary N) is 1. The standard InChI is InChI=1S/C22H24BrNO7S/c1-6-30-21(26)17-12(3)19(22(27)31-7-2)32-20(17)24-16(25)9-8-13-10-14(23)18(29-5)15(11-13)28-4/h8-11H,6-7H2,1-5H3,(H,24,25)/b9-8+. The number of benzene rings is 1. The molecule has 0 saturated carbocycles. The van der Waals surface area contributed by atoms with Gasteiger partial charge in [0.1, 0.15) is 9.88 Å². The minimum absolute atomic E-state index is 0.135. The smallest absolute Gasteiger partial charge is 0.348 e. The van der Waals surface area contributed by atoms with Crippen molar-refractivity contribution in [3.05, 3.63) is 44.2 Å². The molecule has 32 heavy (non-hydrogen) atoms. The number of hydrogen-bond donors (Lipinski definition) is 1. The summed E-state index contributed by atoms with van der Waals surface area (Å²) in [5, 5.41) is 2.88. The molecule has 1 N–H and O–H groups in total. The van der Waals surface area contributed by atoms with E-state index >= 15 is 0 Å². The Kier molecular flexibility index (Phi) is 9.27. The molecule has 8 nitrogen and oxygen atoms in total. The lowest BCUT2D eigenvalue weighted by molar-refractivity contribution is -0.111. The van der Waals surface area contributed by atoms with Crippen LogP contribution in [0.1, 0.15) is 45.0 Å². The quantitative estimate of drug-likeness (QED) is 0.369. The van der Waals surface area contributed by atoms with E-state index in [0.717, 1.165) is 11.3 Å². The maximum atomic E-state index is 12.6. The van der Waals surface area contributed by atoms with E-state index in [1.54, 1.807) is 39.0 Å². The number of carbonyl (C=O) groups is 3. The number of rotatable bonds is 9. The summed E-state index contributed by atoms with van der Waals surface area (Å²) in [4.78, 5) is 37.5. The second-order valence-electron chi connectivity index (χ2n) is 6.26. The van der Waals surface area contributed by atoms with Crippen LogP contribution in [0.15, 0.2) is 22.7 Å². The average molecular weight is 526 g/mol. The van der Waals surface area contributed by atoms with Crippen LogP contribution in [0.3, 0.4) is 0 Å². The highest BCUT2D eigenvalue weighted by molar-refractivity contribution is 9.10. The Labute approximate surface area is 198 Å². The first kappa shape index (κ1) is 25.4. The monoisotopic (exact) mass is 525 g/mol. The highest BCUT2D eigenvalue weighted by atomic mass is 79.9. The van der Waals surface area contributed by atoms with Crippen LogP contribution in [-0.4, -0.2) is 45.3 Å². The third-order valence-corrected chi connectivity index (χ3v) is 5.98. The SMILES string of the molecule is CCOC(=O)c1sc(NC(=O)/C=C/c2cc(Br)c(OC)c(OC)c2)c(C(=O)OCC)c1C. The maximum absolute atomic E-state index is 12.6. The molecular formula is C22H24BrNO7S. The van der Waals surface area contributed by atoms with Crippen molar-refractivity contribution in [1.29, 1.82) is 0 Å². The fraction of sp³-hybridized carbons (Fsp3) is 0.318. The molecule has 0 spiro atoms. The Morgan fingerprint density at radius 3 is 2.31 bits per heavy atom. The van der Waals surface area contributed by atoms with Gasteiger partial charge in [0.25, 0.3) is 0 Å². The van der Waals surface area contributed by atoms with Crippen LogP contribution >= 0.6 is 27.3 Å². The van der Waals surface area contributed by atoms with Gasteiger partial charge in [-0.3, -0.25) is 4.79 Å². The largest absolute Gasteiger partial charge is 0.493 e. The van der Waals surface area contributed by atoms with E-state index < -0.39 is 17.8 Å². The fourth-order valence-corrected chi connectivity index (χ4v) is 4.51. The van der Waals surface area contributed by atoms with Gasteiger partial charge in [-0.2, -0.15) is 0 Å². The minimum atomic E-state index is -0.625. The number of thiophene rings is 1. The fourth-order valence-electron chi connectivity index (χ4n) is 2.80. The van der Waals surface area contributed by atoms with E-state index in [0.29, 0.717) is 27.1 Å². The molecule has 1 aromatic heterocycles. The van der Waals surface area contributed by atoms with Crippen molar-refractivity contribution in [3.8, 4) is 11.5 Å². The predicted molar refractivity (Wildman–Crippen MR) is 126 cm³/mol. The number of ether oxygens (including phenoxy) is 4. The summed E-state index contributed by atoms with van der Waals surface area (Å²) in [5.74, 6) is -0.641. The molecule has 10 heteroatoms. The third kappa shape index (κ3) is 5.89. The number of anilines is 1. The molecule has 1 amide bonds. The molecular weight excluding hydrogens is 502 g/mol. The summed E-state index contributed by atoms with van der Waals surface area (Å²) < 4.78 is 21.4. The lowest BCUT2D eigenvalue weighted by atomic mass is 10.1. The number of hydrogen-bond acceptors (Lipinski definition) is 8. The van der Waals surface area contributed by atoms with Gasteiger partial charge in [-0.1, -0.05) is 0 Å². The number of amides is 1. The molecule has 1 aromatic carbocycles. The topological polar surface area (TPSA) is 100 Å². The summed E-state index contributed by atoms with van der Waals surface area (Å²) in [7, 11) is 3.04. The van der Waals surface area contributed by atoms with Crippen molar-refractivity contribution in [3.63, 3.8) is 0 Å². The van der Waals surface area contributed by atoms with E-state index in [1.807, 2.05) is 0 Å². The average Bonchev–Trinajstić information content (AvgIpc) is 3.07. The molecule has 0 fully saturated rings. The van der Waals surface area contributed by atoms with Gasteiger partial charge >= 0.3 is 11.9 Å². The molecule has 0 aliphatic carbocycles. The summed E-state index contributed by atoms with van der Waals surface area (Å²) >= 11 is 4.37. The molecule has 0 aliphatic rings. The molecule has 0 saturated heterocycles. The third-order valence-electron chi connectivity index (χ3n) is 4.21. The van der Waals surface area contributed by atoms with E-state index in [2.05, 4.69) is 21.2 Å². The summed E-state index contributed by atoms with van der Waals surface area (Å²) in [6.45, 7) is 5.32. The van der Waals surface area contributed by atoms with Gasteiger partial charge in [-0.15, -0.1) is 11.3 Å². The first-order valence-corrected chi connectivity index (χ1v) is 11.3. The normalized spacial score (nSPS) is 10.7. The van der Waals surface area contributed by atoms with Crippen molar-refractivity contribution >= 4 is 56.2 Å². The zero-order valence-corrected chi connectivity index (χ0v) is 20.8. The Morgan fingerprint density at radius 1 is 1.06 bits per heavy atom. The van der Waals surface area contributed by atoms with Crippen molar-refractivity contribution < 1.29 is 33.3 Å². The van der Waals surface area contributed by atoms with Crippen molar-refractivity contribution in [1.82, 2.24) is 0 Å². The molecule has 172 valence electrons. The van der Waals surface area contributed by atoms with Crippen LogP contribution in [-0.2, 0) is 14.3 Å². The van der Waals surface area contributed by atoms with Crippen molar-refractivity contribution in [2.45, 2.75) is 20.8 Å². The van der Waals surface area contributed by atoms with E-state index in [9.17, 15) is 14.4 Å². The minimum Gasteiger partial charge on any atom is -0.493 e. The molecule has 1 heterocycles. The number of halogens is 1. The second-order valence-corrected chi connectivity index (χ2v) is 8.14. The van der Waals surface area contributed by atoms with Gasteiger partial charge in [0.05, 0.1) is 37.5 Å². The van der Waals surface area contributed by atoms with Crippen molar-refractivity contribution in [2.75, 3.05) is 32.8 Å². The summed E-state index contributed by atoms with van der Waals surface area (Å²) in [6.07, 6.45) is 2.89. The molecule has 2 rings (SSSR count). The molecule has 0 atom stereocenters. The van der Waals surface area contributed by atoms with Gasteiger partial charge in [-0.05, 0) is 66.0 Å². The lowest BCUT2D eigenvalue weighted by Gasteiger charge is -2.10. The van der Waals surface area contributed by atoms with E-state index in [4.69, 9.17) is 18.9 Å². The van der Waals surface area contributed by atoms with Crippen LogP contribution in [0.25, 0.3) is 6.08 Å². The van der Waals surface area contributed by atoms with Crippen LogP contribution in [0.5, 0.6) is 11.5 Å². The van der Waals surface area contributed by atoms with Crippen LogP contribution in [0, 0.1) is 6.92 Å². The second kappa shape index (κ2) is 11.7.